The van der Waals surface area contributed by atoms with Crippen LogP contribution in [0.15, 0.2) is 48.5 Å². The molecule has 0 unspecified atom stereocenters. The van der Waals surface area contributed by atoms with Crippen LogP contribution in [-0.4, -0.2) is 6.54 Å². The average molecular weight is 255 g/mol. The van der Waals surface area contributed by atoms with E-state index in [-0.39, 0.29) is 5.82 Å². The molecule has 0 aliphatic carbocycles. The van der Waals surface area contributed by atoms with Crippen LogP contribution in [0.2, 0.25) is 0 Å². The Morgan fingerprint density at radius 3 is 2.74 bits per heavy atom. The van der Waals surface area contributed by atoms with Crippen LogP contribution in [0.25, 0.3) is 0 Å². The number of ether oxygens (including phenoxy) is 1. The predicted octanol–water partition coefficient (Wildman–Crippen LogP) is 2.71. The van der Waals surface area contributed by atoms with E-state index in [9.17, 15) is 4.39 Å². The standard InChI is InChI=1S/C16H14FNO/c17-15-7-2-8-16(11-15)19-12-14-5-1-4-13(10-14)6-3-9-18/h1-2,4-5,7-8,10-11H,9,12,18H2. The van der Waals surface area contributed by atoms with Gasteiger partial charge in [-0.3, -0.25) is 0 Å². The van der Waals surface area contributed by atoms with Crippen LogP contribution in [0, 0.1) is 17.7 Å². The summed E-state index contributed by atoms with van der Waals surface area (Å²) in [6, 6.07) is 13.8. The van der Waals surface area contributed by atoms with Gasteiger partial charge in [0, 0.05) is 11.6 Å². The first-order valence-electron chi connectivity index (χ1n) is 5.94. The molecule has 2 aromatic carbocycles. The van der Waals surface area contributed by atoms with Crippen molar-refractivity contribution < 1.29 is 9.13 Å². The second kappa shape index (κ2) is 6.58. The molecule has 0 aliphatic heterocycles. The quantitative estimate of drug-likeness (QED) is 0.856. The van der Waals surface area contributed by atoms with Crippen molar-refractivity contribution in [2.75, 3.05) is 6.54 Å². The maximum atomic E-state index is 13.0. The van der Waals surface area contributed by atoms with E-state index in [2.05, 4.69) is 11.8 Å². The highest BCUT2D eigenvalue weighted by molar-refractivity contribution is 5.37. The molecule has 2 rings (SSSR count). The molecule has 0 bridgehead atoms. The molecule has 2 nitrogen and oxygen atoms in total. The number of nitrogens with two attached hydrogens (primary N) is 1. The highest BCUT2D eigenvalue weighted by Gasteiger charge is 1.98. The van der Waals surface area contributed by atoms with Crippen molar-refractivity contribution in [3.63, 3.8) is 0 Å². The van der Waals surface area contributed by atoms with Gasteiger partial charge in [0.15, 0.2) is 0 Å². The van der Waals surface area contributed by atoms with Crippen LogP contribution >= 0.6 is 0 Å². The Balaban J connectivity index is 2.03. The summed E-state index contributed by atoms with van der Waals surface area (Å²) in [6.45, 7) is 0.714. The number of benzene rings is 2. The van der Waals surface area contributed by atoms with E-state index in [1.165, 1.54) is 12.1 Å². The first-order valence-corrected chi connectivity index (χ1v) is 5.94. The second-order valence-corrected chi connectivity index (χ2v) is 3.95. The van der Waals surface area contributed by atoms with E-state index < -0.39 is 0 Å². The third-order valence-electron chi connectivity index (χ3n) is 2.46. The van der Waals surface area contributed by atoms with Crippen molar-refractivity contribution in [1.82, 2.24) is 0 Å². The van der Waals surface area contributed by atoms with Gasteiger partial charge in [0.1, 0.15) is 18.2 Å². The van der Waals surface area contributed by atoms with Crippen molar-refractivity contribution in [3.8, 4) is 17.6 Å². The van der Waals surface area contributed by atoms with Crippen molar-refractivity contribution in [1.29, 1.82) is 0 Å². The van der Waals surface area contributed by atoms with Gasteiger partial charge in [0.05, 0.1) is 6.54 Å². The molecule has 0 aliphatic rings. The summed E-state index contributed by atoms with van der Waals surface area (Å²) in [5, 5.41) is 0. The Kier molecular flexibility index (Phi) is 4.54. The van der Waals surface area contributed by atoms with Crippen molar-refractivity contribution in [3.05, 3.63) is 65.5 Å². The van der Waals surface area contributed by atoms with Gasteiger partial charge >= 0.3 is 0 Å². The van der Waals surface area contributed by atoms with Gasteiger partial charge in [-0.25, -0.2) is 4.39 Å². The summed E-state index contributed by atoms with van der Waals surface area (Å²) in [6.07, 6.45) is 0. The lowest BCUT2D eigenvalue weighted by molar-refractivity contribution is 0.304. The zero-order valence-electron chi connectivity index (χ0n) is 10.4. The molecule has 0 atom stereocenters. The van der Waals surface area contributed by atoms with E-state index in [0.29, 0.717) is 18.9 Å². The van der Waals surface area contributed by atoms with Crippen LogP contribution in [0.1, 0.15) is 11.1 Å². The number of halogens is 1. The van der Waals surface area contributed by atoms with E-state index in [1.54, 1.807) is 12.1 Å². The minimum atomic E-state index is -0.305. The lowest BCUT2D eigenvalue weighted by atomic mass is 10.1. The van der Waals surface area contributed by atoms with Gasteiger partial charge in [0.25, 0.3) is 0 Å². The molecule has 2 aromatic rings. The number of hydrogen-bond donors (Lipinski definition) is 1. The van der Waals surface area contributed by atoms with Crippen LogP contribution in [0.3, 0.4) is 0 Å². The molecule has 19 heavy (non-hydrogen) atoms. The summed E-state index contributed by atoms with van der Waals surface area (Å²) in [7, 11) is 0. The zero-order valence-corrected chi connectivity index (χ0v) is 10.4. The fraction of sp³-hybridized carbons (Fsp3) is 0.125. The molecule has 3 heteroatoms. The highest BCUT2D eigenvalue weighted by atomic mass is 19.1. The molecule has 0 saturated carbocycles. The molecule has 0 heterocycles. The van der Waals surface area contributed by atoms with Crippen LogP contribution in [0.5, 0.6) is 5.75 Å². The SMILES string of the molecule is NCC#Cc1cccc(COc2cccc(F)c2)c1. The third kappa shape index (κ3) is 4.13. The normalized spacial score (nSPS) is 9.58. The van der Waals surface area contributed by atoms with Gasteiger partial charge in [-0.05, 0) is 29.8 Å². The topological polar surface area (TPSA) is 35.2 Å². The fourth-order valence-corrected chi connectivity index (χ4v) is 1.62. The third-order valence-corrected chi connectivity index (χ3v) is 2.46. The summed E-state index contributed by atoms with van der Waals surface area (Å²) in [5.41, 5.74) is 7.20. The summed E-state index contributed by atoms with van der Waals surface area (Å²) in [5.74, 6) is 5.97. The Bertz CT molecular complexity index is 613. The average Bonchev–Trinajstić information content (AvgIpc) is 2.43. The molecule has 0 amide bonds. The number of rotatable bonds is 3. The van der Waals surface area contributed by atoms with Crippen LogP contribution in [-0.2, 0) is 6.61 Å². The maximum Gasteiger partial charge on any atom is 0.126 e. The first kappa shape index (κ1) is 13.1. The highest BCUT2D eigenvalue weighted by Crippen LogP contribution is 2.14. The fourth-order valence-electron chi connectivity index (χ4n) is 1.62. The maximum absolute atomic E-state index is 13.0. The Morgan fingerprint density at radius 2 is 1.95 bits per heavy atom. The van der Waals surface area contributed by atoms with E-state index in [4.69, 9.17) is 10.5 Å². The predicted molar refractivity (Wildman–Crippen MR) is 73.1 cm³/mol. The minimum Gasteiger partial charge on any atom is -0.489 e. The monoisotopic (exact) mass is 255 g/mol. The molecule has 0 radical (unpaired) electrons. The lowest BCUT2D eigenvalue weighted by Gasteiger charge is -2.06. The first-order chi connectivity index (χ1) is 9.28. The van der Waals surface area contributed by atoms with Gasteiger partial charge in [-0.2, -0.15) is 0 Å². The van der Waals surface area contributed by atoms with Crippen LogP contribution in [0.4, 0.5) is 4.39 Å². The Morgan fingerprint density at radius 1 is 1.11 bits per heavy atom. The van der Waals surface area contributed by atoms with E-state index >= 15 is 0 Å². The van der Waals surface area contributed by atoms with Crippen molar-refractivity contribution in [2.45, 2.75) is 6.61 Å². The Hall–Kier alpha value is -2.31. The summed E-state index contributed by atoms with van der Waals surface area (Å²) < 4.78 is 18.5. The second-order valence-electron chi connectivity index (χ2n) is 3.95. The van der Waals surface area contributed by atoms with E-state index in [0.717, 1.165) is 11.1 Å². The molecule has 2 N–H and O–H groups in total. The molecule has 96 valence electrons. The molecule has 0 aromatic heterocycles. The lowest BCUT2D eigenvalue weighted by Crippen LogP contribution is -1.96. The largest absolute Gasteiger partial charge is 0.489 e. The van der Waals surface area contributed by atoms with Crippen molar-refractivity contribution >= 4 is 0 Å². The molecular formula is C16H14FNO. The van der Waals surface area contributed by atoms with Crippen molar-refractivity contribution in [2.24, 2.45) is 5.73 Å². The zero-order chi connectivity index (χ0) is 13.5. The van der Waals surface area contributed by atoms with E-state index in [1.807, 2.05) is 24.3 Å². The smallest absolute Gasteiger partial charge is 0.126 e. The molecule has 0 saturated heterocycles. The summed E-state index contributed by atoms with van der Waals surface area (Å²) in [4.78, 5) is 0. The van der Waals surface area contributed by atoms with Gasteiger partial charge in [0.2, 0.25) is 0 Å². The molecule has 0 spiro atoms. The van der Waals surface area contributed by atoms with Crippen LogP contribution < -0.4 is 10.5 Å². The van der Waals surface area contributed by atoms with Gasteiger partial charge < -0.3 is 10.5 Å². The number of hydrogen-bond acceptors (Lipinski definition) is 2. The summed E-state index contributed by atoms with van der Waals surface area (Å²) >= 11 is 0. The van der Waals surface area contributed by atoms with Gasteiger partial charge in [-0.1, -0.05) is 30.0 Å². The van der Waals surface area contributed by atoms with Gasteiger partial charge in [-0.15, -0.1) is 0 Å². The molecule has 0 fully saturated rings. The Labute approximate surface area is 112 Å². The minimum absolute atomic E-state index is 0.305. The molecular weight excluding hydrogens is 241 g/mol.